The Hall–Kier alpha value is -3.43. The van der Waals surface area contributed by atoms with Crippen LogP contribution in [0.2, 0.25) is 5.15 Å². The Balaban J connectivity index is 1.70. The van der Waals surface area contributed by atoms with Gasteiger partial charge in [0.25, 0.3) is 0 Å². The molecule has 162 valence electrons. The number of nitrogens with zero attached hydrogens (tertiary/aromatic N) is 3. The van der Waals surface area contributed by atoms with E-state index in [4.69, 9.17) is 11.6 Å². The summed E-state index contributed by atoms with van der Waals surface area (Å²) in [5.41, 5.74) is -2.87. The Morgan fingerprint density at radius 3 is 2.50 bits per heavy atom. The summed E-state index contributed by atoms with van der Waals surface area (Å²) in [6.45, 7) is 0. The zero-order chi connectivity index (χ0) is 22.7. The highest BCUT2D eigenvalue weighted by Crippen LogP contribution is 2.47. The number of pyridine rings is 1. The molecule has 2 N–H and O–H groups in total. The molecule has 2 aromatic carbocycles. The Morgan fingerprint density at radius 2 is 1.78 bits per heavy atom. The van der Waals surface area contributed by atoms with Crippen molar-refractivity contribution >= 4 is 33.4 Å². The number of nitrogens with one attached hydrogen (secondary N) is 1. The van der Waals surface area contributed by atoms with E-state index < -0.39 is 23.2 Å². The fourth-order valence-electron chi connectivity index (χ4n) is 3.84. The molecule has 0 fully saturated rings. The molecule has 0 spiro atoms. The molecule has 0 saturated carbocycles. The Morgan fingerprint density at radius 1 is 1.03 bits per heavy atom. The van der Waals surface area contributed by atoms with Gasteiger partial charge in [0.15, 0.2) is 5.15 Å². The summed E-state index contributed by atoms with van der Waals surface area (Å²) >= 11 is 5.99. The van der Waals surface area contributed by atoms with E-state index in [-0.39, 0.29) is 21.6 Å². The third-order valence-corrected chi connectivity index (χ3v) is 5.70. The van der Waals surface area contributed by atoms with Crippen LogP contribution in [0, 0.1) is 5.82 Å². The normalized spacial score (nSPS) is 14.2. The van der Waals surface area contributed by atoms with Gasteiger partial charge in [0.2, 0.25) is 5.60 Å². The molecule has 5 nitrogen and oxygen atoms in total. The van der Waals surface area contributed by atoms with Crippen LogP contribution in [0.15, 0.2) is 67.1 Å². The smallest absolute Gasteiger partial charge is 0.372 e. The summed E-state index contributed by atoms with van der Waals surface area (Å²) in [5.74, 6) is -0.420. The highest BCUT2D eigenvalue weighted by Gasteiger charge is 2.57. The summed E-state index contributed by atoms with van der Waals surface area (Å²) in [7, 11) is 0. The minimum absolute atomic E-state index is 0.00528. The number of rotatable bonds is 3. The minimum Gasteiger partial charge on any atom is -0.372 e. The molecule has 1 unspecified atom stereocenters. The molecule has 0 aliphatic rings. The summed E-state index contributed by atoms with van der Waals surface area (Å²) in [6.07, 6.45) is -1.31. The molecule has 3 heterocycles. The van der Waals surface area contributed by atoms with Crippen molar-refractivity contribution in [3.8, 4) is 5.69 Å². The topological polar surface area (TPSA) is 66.7 Å². The Bertz CT molecular complexity index is 1460. The van der Waals surface area contributed by atoms with Crippen molar-refractivity contribution in [3.05, 3.63) is 89.2 Å². The number of aliphatic hydroxyl groups is 1. The van der Waals surface area contributed by atoms with Crippen LogP contribution in [0.4, 0.5) is 17.6 Å². The van der Waals surface area contributed by atoms with E-state index in [9.17, 15) is 22.7 Å². The van der Waals surface area contributed by atoms with Crippen molar-refractivity contribution in [2.45, 2.75) is 11.8 Å². The molecule has 1 atom stereocenters. The third-order valence-electron chi connectivity index (χ3n) is 5.41. The summed E-state index contributed by atoms with van der Waals surface area (Å²) in [6, 6.07) is 10.7. The number of hydrogen-bond donors (Lipinski definition) is 2. The average Bonchev–Trinajstić information content (AvgIpc) is 3.38. The van der Waals surface area contributed by atoms with Gasteiger partial charge in [0, 0.05) is 28.7 Å². The van der Waals surface area contributed by atoms with Crippen molar-refractivity contribution in [3.63, 3.8) is 0 Å². The molecule has 0 aliphatic heterocycles. The van der Waals surface area contributed by atoms with Gasteiger partial charge in [0.05, 0.1) is 22.9 Å². The van der Waals surface area contributed by atoms with Crippen LogP contribution in [0.5, 0.6) is 0 Å². The van der Waals surface area contributed by atoms with E-state index in [1.54, 1.807) is 0 Å². The third kappa shape index (κ3) is 2.96. The maximum absolute atomic E-state index is 14.3. The van der Waals surface area contributed by atoms with Crippen molar-refractivity contribution < 1.29 is 22.7 Å². The number of benzene rings is 2. The van der Waals surface area contributed by atoms with Crippen molar-refractivity contribution in [2.75, 3.05) is 0 Å². The number of aromatic amines is 1. The lowest BCUT2D eigenvalue weighted by Crippen LogP contribution is -2.43. The number of fused-ring (bicyclic) bond motifs is 2. The second-order valence-electron chi connectivity index (χ2n) is 7.24. The summed E-state index contributed by atoms with van der Waals surface area (Å²) < 4.78 is 57.7. The lowest BCUT2D eigenvalue weighted by atomic mass is 9.85. The van der Waals surface area contributed by atoms with Crippen molar-refractivity contribution in [2.24, 2.45) is 0 Å². The molecular formula is C22H13ClF4N4O. The maximum Gasteiger partial charge on any atom is 0.425 e. The zero-order valence-electron chi connectivity index (χ0n) is 16.0. The predicted octanol–water partition coefficient (Wildman–Crippen LogP) is 5.49. The lowest BCUT2D eigenvalue weighted by molar-refractivity contribution is -0.247. The second kappa shape index (κ2) is 7.04. The predicted molar refractivity (Wildman–Crippen MR) is 111 cm³/mol. The van der Waals surface area contributed by atoms with Gasteiger partial charge in [-0.2, -0.15) is 18.3 Å². The molecular weight excluding hydrogens is 448 g/mol. The van der Waals surface area contributed by atoms with E-state index in [1.807, 2.05) is 0 Å². The average molecular weight is 461 g/mol. The van der Waals surface area contributed by atoms with E-state index in [2.05, 4.69) is 15.1 Å². The van der Waals surface area contributed by atoms with Gasteiger partial charge in [-0.15, -0.1) is 0 Å². The maximum atomic E-state index is 14.3. The first kappa shape index (κ1) is 20.5. The zero-order valence-corrected chi connectivity index (χ0v) is 16.8. The minimum atomic E-state index is -5.04. The van der Waals surface area contributed by atoms with Crippen LogP contribution in [0.1, 0.15) is 11.1 Å². The highest BCUT2D eigenvalue weighted by molar-refractivity contribution is 6.33. The van der Waals surface area contributed by atoms with Crippen LogP contribution in [-0.4, -0.2) is 31.0 Å². The van der Waals surface area contributed by atoms with Gasteiger partial charge in [-0.25, -0.2) is 14.1 Å². The van der Waals surface area contributed by atoms with E-state index in [0.717, 1.165) is 6.20 Å². The Labute approximate surface area is 182 Å². The molecule has 3 aromatic heterocycles. The SMILES string of the molecule is OC(c1ccc2c(cnn2-c2ccc(F)cc2)c1)(c1c[nH]c2c(Cl)nccc12)C(F)(F)F. The monoisotopic (exact) mass is 460 g/mol. The number of hydrogen-bond acceptors (Lipinski definition) is 3. The molecule has 5 aromatic rings. The Kier molecular flexibility index (Phi) is 4.51. The highest BCUT2D eigenvalue weighted by atomic mass is 35.5. The van der Waals surface area contributed by atoms with Gasteiger partial charge in [-0.05, 0) is 48.0 Å². The van der Waals surface area contributed by atoms with Gasteiger partial charge < -0.3 is 10.1 Å². The first-order valence-corrected chi connectivity index (χ1v) is 9.73. The molecule has 0 radical (unpaired) electrons. The standard InChI is InChI=1S/C22H13ClF4N4O/c23-20-19-16(7-8-28-20)17(11-29-19)21(32,22(25,26)27)13-1-6-18-12(9-13)10-30-31(18)15-4-2-14(24)3-5-15/h1-11,29,32H. The van der Waals surface area contributed by atoms with Crippen molar-refractivity contribution in [1.82, 2.24) is 19.7 Å². The molecule has 0 aliphatic carbocycles. The van der Waals surface area contributed by atoms with E-state index in [0.29, 0.717) is 16.6 Å². The lowest BCUT2D eigenvalue weighted by Gasteiger charge is -2.31. The fraction of sp³-hybridized carbons (Fsp3) is 0.0909. The molecule has 0 bridgehead atoms. The molecule has 32 heavy (non-hydrogen) atoms. The summed E-state index contributed by atoms with van der Waals surface area (Å²) in [4.78, 5) is 6.52. The second-order valence-corrected chi connectivity index (χ2v) is 7.60. The van der Waals surface area contributed by atoms with Crippen LogP contribution in [-0.2, 0) is 5.60 Å². The van der Waals surface area contributed by atoms with Crippen LogP contribution < -0.4 is 0 Å². The van der Waals surface area contributed by atoms with Gasteiger partial charge in [-0.1, -0.05) is 17.7 Å². The van der Waals surface area contributed by atoms with Crippen LogP contribution in [0.25, 0.3) is 27.5 Å². The quantitative estimate of drug-likeness (QED) is 0.276. The van der Waals surface area contributed by atoms with Crippen LogP contribution >= 0.6 is 11.6 Å². The number of alkyl halides is 3. The van der Waals surface area contributed by atoms with Gasteiger partial charge >= 0.3 is 6.18 Å². The first-order valence-electron chi connectivity index (χ1n) is 9.35. The van der Waals surface area contributed by atoms with Gasteiger partial charge in [0.1, 0.15) is 5.82 Å². The molecule has 10 heteroatoms. The van der Waals surface area contributed by atoms with Gasteiger partial charge in [-0.3, -0.25) is 0 Å². The number of aromatic nitrogens is 4. The molecule has 0 saturated heterocycles. The van der Waals surface area contributed by atoms with Crippen molar-refractivity contribution in [1.29, 1.82) is 0 Å². The van der Waals surface area contributed by atoms with Crippen LogP contribution in [0.3, 0.4) is 0 Å². The largest absolute Gasteiger partial charge is 0.425 e. The fourth-order valence-corrected chi connectivity index (χ4v) is 4.05. The van der Waals surface area contributed by atoms with E-state index in [1.165, 1.54) is 65.6 Å². The molecule has 5 rings (SSSR count). The van der Waals surface area contributed by atoms with E-state index >= 15 is 0 Å². The number of H-pyrrole nitrogens is 1. The molecule has 0 amide bonds. The number of halogens is 5. The summed E-state index contributed by atoms with van der Waals surface area (Å²) in [5, 5.41) is 15.8. The first-order chi connectivity index (χ1) is 15.2.